The van der Waals surface area contributed by atoms with Gasteiger partial charge in [0.05, 0.1) is 70.5 Å². The van der Waals surface area contributed by atoms with E-state index in [1.165, 1.54) is 32.1 Å². The fraction of sp³-hybridized carbons (Fsp3) is 0.714. The van der Waals surface area contributed by atoms with E-state index in [0.717, 1.165) is 54.1 Å². The second kappa shape index (κ2) is 24.8. The first-order valence-electron chi connectivity index (χ1n) is 20.0. The first-order valence-corrected chi connectivity index (χ1v) is 22.5. The Morgan fingerprint density at radius 1 is 0.759 bits per heavy atom. The molecule has 1 atom stereocenters. The molecule has 1 unspecified atom stereocenters. The number of hydrogen-bond acceptors (Lipinski definition) is 10. The Hall–Kier alpha value is -1.74. The average Bonchev–Trinajstić information content (AvgIpc) is 3.09. The van der Waals surface area contributed by atoms with E-state index >= 15 is 0 Å². The normalized spacial score (nSPS) is 16.4. The van der Waals surface area contributed by atoms with Crippen molar-refractivity contribution in [3.8, 4) is 0 Å². The third kappa shape index (κ3) is 18.9. The van der Waals surface area contributed by atoms with Gasteiger partial charge in [0.15, 0.2) is 0 Å². The Morgan fingerprint density at radius 3 is 1.83 bits per heavy atom. The lowest BCUT2D eigenvalue weighted by atomic mass is 9.73. The number of sulfonamides is 1. The van der Waals surface area contributed by atoms with Crippen LogP contribution < -0.4 is 10.0 Å². The predicted octanol–water partition coefficient (Wildman–Crippen LogP) is 8.18. The van der Waals surface area contributed by atoms with Gasteiger partial charge in [-0.15, -0.1) is 11.8 Å². The van der Waals surface area contributed by atoms with Crippen molar-refractivity contribution in [2.45, 2.75) is 126 Å². The van der Waals surface area contributed by atoms with Crippen molar-refractivity contribution >= 4 is 27.5 Å². The summed E-state index contributed by atoms with van der Waals surface area (Å²) in [6.07, 6.45) is 9.80. The summed E-state index contributed by atoms with van der Waals surface area (Å²) in [6, 6.07) is 12.4. The Bertz CT molecular complexity index is 1400. The van der Waals surface area contributed by atoms with Gasteiger partial charge in [-0.1, -0.05) is 45.1 Å². The SMILES string of the molecule is CCCCCCCCOCCOCCOCCOCCOCCSc1ccc(S(=O)(=O)Nc2ccc(CC3CC(C)(C)NC(C)(C)C3)c(C(C)O)c2)cc1. The van der Waals surface area contributed by atoms with Gasteiger partial charge in [0.1, 0.15) is 0 Å². The molecule has 0 radical (unpaired) electrons. The summed E-state index contributed by atoms with van der Waals surface area (Å²) in [5, 5.41) is 14.4. The van der Waals surface area contributed by atoms with E-state index in [2.05, 4.69) is 44.7 Å². The first kappa shape index (κ1) is 46.6. The minimum Gasteiger partial charge on any atom is -0.389 e. The molecule has 1 fully saturated rings. The van der Waals surface area contributed by atoms with Gasteiger partial charge in [-0.25, -0.2) is 8.42 Å². The fourth-order valence-electron chi connectivity index (χ4n) is 7.34. The number of thioether (sulfide) groups is 1. The van der Waals surface area contributed by atoms with Crippen LogP contribution in [0, 0.1) is 5.92 Å². The molecule has 10 nitrogen and oxygen atoms in total. The molecule has 54 heavy (non-hydrogen) atoms. The van der Waals surface area contributed by atoms with Gasteiger partial charge in [-0.2, -0.15) is 0 Å². The Balaban J connectivity index is 1.25. The molecule has 0 bridgehead atoms. The van der Waals surface area contributed by atoms with E-state index in [1.807, 2.05) is 18.2 Å². The van der Waals surface area contributed by atoms with Crippen LogP contribution in [0.25, 0.3) is 0 Å². The molecular formula is C42H70N2O8S2. The highest BCUT2D eigenvalue weighted by atomic mass is 32.2. The van der Waals surface area contributed by atoms with Crippen molar-refractivity contribution in [1.82, 2.24) is 5.32 Å². The zero-order valence-corrected chi connectivity index (χ0v) is 35.6. The number of piperidine rings is 1. The van der Waals surface area contributed by atoms with Crippen molar-refractivity contribution < 1.29 is 37.2 Å². The van der Waals surface area contributed by atoms with Gasteiger partial charge < -0.3 is 34.1 Å². The van der Waals surface area contributed by atoms with Gasteiger partial charge >= 0.3 is 0 Å². The number of unbranched alkanes of at least 4 members (excludes halogenated alkanes) is 5. The molecule has 308 valence electrons. The van der Waals surface area contributed by atoms with Crippen LogP contribution in [0.15, 0.2) is 52.3 Å². The Labute approximate surface area is 331 Å². The Kier molecular flexibility index (Phi) is 21.4. The summed E-state index contributed by atoms with van der Waals surface area (Å²) in [4.78, 5) is 1.14. The van der Waals surface area contributed by atoms with Crippen LogP contribution in [-0.2, 0) is 40.1 Å². The van der Waals surface area contributed by atoms with Crippen LogP contribution in [-0.4, -0.2) is 96.4 Å². The molecule has 1 heterocycles. The molecule has 3 N–H and O–H groups in total. The van der Waals surface area contributed by atoms with E-state index < -0.39 is 16.1 Å². The largest absolute Gasteiger partial charge is 0.389 e. The first-order chi connectivity index (χ1) is 25.8. The number of hydrogen-bond donors (Lipinski definition) is 3. The molecule has 2 aromatic carbocycles. The number of benzene rings is 2. The van der Waals surface area contributed by atoms with E-state index in [0.29, 0.717) is 71.1 Å². The highest BCUT2D eigenvalue weighted by molar-refractivity contribution is 7.99. The van der Waals surface area contributed by atoms with Crippen LogP contribution >= 0.6 is 11.8 Å². The minimum atomic E-state index is -3.81. The number of anilines is 1. The molecule has 1 aliphatic heterocycles. The lowest BCUT2D eigenvalue weighted by Crippen LogP contribution is -2.58. The molecule has 2 aromatic rings. The van der Waals surface area contributed by atoms with Crippen molar-refractivity contribution in [3.05, 3.63) is 53.6 Å². The maximum atomic E-state index is 13.3. The van der Waals surface area contributed by atoms with E-state index in [9.17, 15) is 13.5 Å². The standard InChI is InChI=1S/C42H70N2O8S2/c1-7-8-9-10-11-12-19-48-20-21-49-22-23-50-24-25-51-26-27-52-28-29-53-38-15-17-39(18-16-38)54(46,47)43-37-14-13-36(40(31-37)34(2)45)30-35-32-41(3,4)44-42(5,6)33-35/h13-18,31,34-35,43-45H,7-12,19-30,32-33H2,1-6H3. The number of ether oxygens (including phenoxy) is 5. The van der Waals surface area contributed by atoms with Crippen molar-refractivity contribution in [3.63, 3.8) is 0 Å². The Morgan fingerprint density at radius 2 is 1.28 bits per heavy atom. The summed E-state index contributed by atoms with van der Waals surface area (Å²) in [6.45, 7) is 18.6. The highest BCUT2D eigenvalue weighted by Crippen LogP contribution is 2.36. The quantitative estimate of drug-likeness (QED) is 0.0549. The summed E-state index contributed by atoms with van der Waals surface area (Å²) < 4.78 is 57.2. The van der Waals surface area contributed by atoms with Crippen LogP contribution in [0.5, 0.6) is 0 Å². The van der Waals surface area contributed by atoms with Gasteiger partial charge in [0.25, 0.3) is 10.0 Å². The molecular weight excluding hydrogens is 725 g/mol. The number of rotatable bonds is 29. The van der Waals surface area contributed by atoms with Crippen molar-refractivity contribution in [1.29, 1.82) is 0 Å². The van der Waals surface area contributed by atoms with E-state index in [4.69, 9.17) is 23.7 Å². The predicted molar refractivity (Wildman–Crippen MR) is 220 cm³/mol. The van der Waals surface area contributed by atoms with Crippen molar-refractivity contribution in [2.75, 3.05) is 76.5 Å². The lowest BCUT2D eigenvalue weighted by molar-refractivity contribution is -0.0103. The maximum absolute atomic E-state index is 13.3. The second-order valence-corrected chi connectivity index (χ2v) is 18.6. The summed E-state index contributed by atoms with van der Waals surface area (Å²) in [5.41, 5.74) is 2.31. The smallest absolute Gasteiger partial charge is 0.261 e. The molecule has 12 heteroatoms. The van der Waals surface area contributed by atoms with E-state index in [-0.39, 0.29) is 16.0 Å². The molecule has 1 aliphatic rings. The molecule has 0 amide bonds. The molecule has 0 aliphatic carbocycles. The number of aliphatic hydroxyl groups excluding tert-OH is 1. The lowest BCUT2D eigenvalue weighted by Gasteiger charge is -2.46. The van der Waals surface area contributed by atoms with Crippen LogP contribution in [0.1, 0.15) is 110 Å². The zero-order chi connectivity index (χ0) is 39.3. The third-order valence-corrected chi connectivity index (χ3v) is 11.8. The molecule has 3 rings (SSSR count). The monoisotopic (exact) mass is 794 g/mol. The van der Waals surface area contributed by atoms with Gasteiger partial charge in [0, 0.05) is 34.0 Å². The van der Waals surface area contributed by atoms with Gasteiger partial charge in [0.2, 0.25) is 0 Å². The van der Waals surface area contributed by atoms with Crippen molar-refractivity contribution in [2.24, 2.45) is 5.92 Å². The number of nitrogens with one attached hydrogen (secondary N) is 2. The van der Waals surface area contributed by atoms with Crippen LogP contribution in [0.3, 0.4) is 0 Å². The average molecular weight is 795 g/mol. The molecule has 0 aromatic heterocycles. The topological polar surface area (TPSA) is 125 Å². The highest BCUT2D eigenvalue weighted by Gasteiger charge is 2.37. The van der Waals surface area contributed by atoms with Crippen LogP contribution in [0.2, 0.25) is 0 Å². The fourth-order valence-corrected chi connectivity index (χ4v) is 9.15. The summed E-state index contributed by atoms with van der Waals surface area (Å²) in [7, 11) is -3.81. The summed E-state index contributed by atoms with van der Waals surface area (Å²) >= 11 is 1.60. The van der Waals surface area contributed by atoms with Gasteiger partial charge in [-0.05, 0) is 114 Å². The zero-order valence-electron chi connectivity index (χ0n) is 34.0. The van der Waals surface area contributed by atoms with E-state index in [1.54, 1.807) is 43.0 Å². The summed E-state index contributed by atoms with van der Waals surface area (Å²) in [5.74, 6) is 1.19. The second-order valence-electron chi connectivity index (χ2n) is 15.7. The number of aliphatic hydroxyl groups is 1. The third-order valence-electron chi connectivity index (χ3n) is 9.39. The minimum absolute atomic E-state index is 0.0282. The molecule has 0 saturated carbocycles. The van der Waals surface area contributed by atoms with Crippen LogP contribution in [0.4, 0.5) is 5.69 Å². The van der Waals surface area contributed by atoms with Gasteiger partial charge in [-0.3, -0.25) is 4.72 Å². The molecule has 0 spiro atoms. The molecule has 1 saturated heterocycles. The maximum Gasteiger partial charge on any atom is 0.261 e.